The molecule has 3 N–H and O–H groups in total. The van der Waals surface area contributed by atoms with Crippen LogP contribution in [0.3, 0.4) is 0 Å². The lowest BCUT2D eigenvalue weighted by atomic mass is 10.1. The molecule has 0 saturated heterocycles. The standard InChI is InChI=1S/C10H13NO/c1-8(7-12)5-9-3-2-4-10(11)6-9/h2-6,12H,7,11H2,1H3/b8-5+. The summed E-state index contributed by atoms with van der Waals surface area (Å²) < 4.78 is 0. The number of aliphatic hydroxyl groups is 1. The van der Waals surface area contributed by atoms with Crippen LogP contribution in [0.4, 0.5) is 5.69 Å². The van der Waals surface area contributed by atoms with Gasteiger partial charge in [0.05, 0.1) is 6.61 Å². The first kappa shape index (κ1) is 8.81. The van der Waals surface area contributed by atoms with Crippen molar-refractivity contribution in [3.05, 3.63) is 35.4 Å². The maximum Gasteiger partial charge on any atom is 0.0642 e. The van der Waals surface area contributed by atoms with Crippen molar-refractivity contribution in [2.45, 2.75) is 6.92 Å². The molecule has 1 rings (SSSR count). The van der Waals surface area contributed by atoms with Crippen LogP contribution in [0, 0.1) is 0 Å². The van der Waals surface area contributed by atoms with E-state index in [-0.39, 0.29) is 6.61 Å². The molecule has 1 aromatic carbocycles. The highest BCUT2D eigenvalue weighted by molar-refractivity contribution is 5.57. The second-order valence-corrected chi connectivity index (χ2v) is 2.82. The van der Waals surface area contributed by atoms with Crippen molar-refractivity contribution < 1.29 is 5.11 Å². The molecule has 2 heteroatoms. The highest BCUT2D eigenvalue weighted by atomic mass is 16.3. The van der Waals surface area contributed by atoms with Gasteiger partial charge in [-0.3, -0.25) is 0 Å². The highest BCUT2D eigenvalue weighted by Gasteiger charge is 1.90. The van der Waals surface area contributed by atoms with E-state index in [0.29, 0.717) is 0 Å². The summed E-state index contributed by atoms with van der Waals surface area (Å²) in [7, 11) is 0. The normalized spacial score (nSPS) is 11.7. The maximum absolute atomic E-state index is 8.77. The first-order valence-corrected chi connectivity index (χ1v) is 3.86. The van der Waals surface area contributed by atoms with Crippen molar-refractivity contribution in [3.63, 3.8) is 0 Å². The van der Waals surface area contributed by atoms with E-state index in [0.717, 1.165) is 16.8 Å². The van der Waals surface area contributed by atoms with Crippen molar-refractivity contribution in [1.82, 2.24) is 0 Å². The largest absolute Gasteiger partial charge is 0.399 e. The number of nitrogen functional groups attached to an aromatic ring is 1. The Kier molecular flexibility index (Phi) is 2.88. The lowest BCUT2D eigenvalue weighted by molar-refractivity contribution is 0.332. The van der Waals surface area contributed by atoms with E-state index in [1.807, 2.05) is 37.3 Å². The molecule has 0 aliphatic rings. The second-order valence-electron chi connectivity index (χ2n) is 2.82. The molecule has 0 aliphatic heterocycles. The molecule has 0 atom stereocenters. The predicted molar refractivity (Wildman–Crippen MR) is 51.6 cm³/mol. The smallest absolute Gasteiger partial charge is 0.0642 e. The van der Waals surface area contributed by atoms with Crippen LogP contribution in [-0.4, -0.2) is 11.7 Å². The molecule has 64 valence electrons. The molecule has 0 heterocycles. The van der Waals surface area contributed by atoms with Gasteiger partial charge in [-0.15, -0.1) is 0 Å². The van der Waals surface area contributed by atoms with E-state index in [2.05, 4.69) is 0 Å². The summed E-state index contributed by atoms with van der Waals surface area (Å²) in [6.07, 6.45) is 1.91. The molecule has 0 bridgehead atoms. The van der Waals surface area contributed by atoms with Gasteiger partial charge in [-0.05, 0) is 30.2 Å². The second kappa shape index (κ2) is 3.93. The zero-order chi connectivity index (χ0) is 8.97. The first-order chi connectivity index (χ1) is 5.72. The van der Waals surface area contributed by atoms with E-state index >= 15 is 0 Å². The Labute approximate surface area is 72.3 Å². The Morgan fingerprint density at radius 2 is 2.33 bits per heavy atom. The van der Waals surface area contributed by atoms with Gasteiger partial charge in [0.25, 0.3) is 0 Å². The van der Waals surface area contributed by atoms with Gasteiger partial charge in [0, 0.05) is 5.69 Å². The molecule has 0 aromatic heterocycles. The quantitative estimate of drug-likeness (QED) is 0.651. The van der Waals surface area contributed by atoms with Gasteiger partial charge in [-0.25, -0.2) is 0 Å². The van der Waals surface area contributed by atoms with Crippen molar-refractivity contribution in [2.24, 2.45) is 0 Å². The Balaban J connectivity index is 2.89. The summed E-state index contributed by atoms with van der Waals surface area (Å²) in [4.78, 5) is 0. The molecule has 0 unspecified atom stereocenters. The van der Waals surface area contributed by atoms with Crippen LogP contribution >= 0.6 is 0 Å². The molecule has 2 nitrogen and oxygen atoms in total. The van der Waals surface area contributed by atoms with Crippen molar-refractivity contribution >= 4 is 11.8 Å². The number of anilines is 1. The zero-order valence-electron chi connectivity index (χ0n) is 7.12. The van der Waals surface area contributed by atoms with Crippen LogP contribution in [0.2, 0.25) is 0 Å². The fourth-order valence-corrected chi connectivity index (χ4v) is 0.979. The topological polar surface area (TPSA) is 46.2 Å². The summed E-state index contributed by atoms with van der Waals surface area (Å²) in [5, 5.41) is 8.77. The molecule has 0 saturated carbocycles. The fraction of sp³-hybridized carbons (Fsp3) is 0.200. The molecule has 0 radical (unpaired) electrons. The minimum atomic E-state index is 0.0921. The molecule has 0 aliphatic carbocycles. The number of aliphatic hydroxyl groups excluding tert-OH is 1. The van der Waals surface area contributed by atoms with Gasteiger partial charge in [0.2, 0.25) is 0 Å². The average molecular weight is 163 g/mol. The number of hydrogen-bond donors (Lipinski definition) is 2. The van der Waals surface area contributed by atoms with Crippen molar-refractivity contribution in [3.8, 4) is 0 Å². The Morgan fingerprint density at radius 3 is 2.92 bits per heavy atom. The fourth-order valence-electron chi connectivity index (χ4n) is 0.979. The molecule has 1 aromatic rings. The van der Waals surface area contributed by atoms with Crippen LogP contribution < -0.4 is 5.73 Å². The third-order valence-corrected chi connectivity index (χ3v) is 1.57. The summed E-state index contributed by atoms with van der Waals surface area (Å²) in [6, 6.07) is 7.56. The third kappa shape index (κ3) is 2.40. The lowest BCUT2D eigenvalue weighted by Gasteiger charge is -1.97. The lowest BCUT2D eigenvalue weighted by Crippen LogP contribution is -1.86. The van der Waals surface area contributed by atoms with Gasteiger partial charge in [0.15, 0.2) is 0 Å². The van der Waals surface area contributed by atoms with Gasteiger partial charge >= 0.3 is 0 Å². The highest BCUT2D eigenvalue weighted by Crippen LogP contribution is 2.10. The number of nitrogens with two attached hydrogens (primary N) is 1. The van der Waals surface area contributed by atoms with Crippen molar-refractivity contribution in [2.75, 3.05) is 12.3 Å². The maximum atomic E-state index is 8.77. The predicted octanol–water partition coefficient (Wildman–Crippen LogP) is 1.66. The first-order valence-electron chi connectivity index (χ1n) is 3.86. The molecule has 12 heavy (non-hydrogen) atoms. The zero-order valence-corrected chi connectivity index (χ0v) is 7.12. The van der Waals surface area contributed by atoms with Crippen molar-refractivity contribution in [1.29, 1.82) is 0 Å². The van der Waals surface area contributed by atoms with E-state index in [9.17, 15) is 0 Å². The molecular weight excluding hydrogens is 150 g/mol. The van der Waals surface area contributed by atoms with Crippen LogP contribution in [0.5, 0.6) is 0 Å². The van der Waals surface area contributed by atoms with Gasteiger partial charge in [-0.2, -0.15) is 0 Å². The molecule has 0 fully saturated rings. The van der Waals surface area contributed by atoms with Crippen LogP contribution in [0.15, 0.2) is 29.8 Å². The Morgan fingerprint density at radius 1 is 1.58 bits per heavy atom. The SMILES string of the molecule is C/C(=C\c1cccc(N)c1)CO. The minimum absolute atomic E-state index is 0.0921. The Hall–Kier alpha value is -1.28. The molecule has 0 amide bonds. The minimum Gasteiger partial charge on any atom is -0.399 e. The summed E-state index contributed by atoms with van der Waals surface area (Å²) in [6.45, 7) is 1.97. The number of rotatable bonds is 2. The Bertz CT molecular complexity index is 292. The van der Waals surface area contributed by atoms with Gasteiger partial charge in [-0.1, -0.05) is 18.2 Å². The van der Waals surface area contributed by atoms with E-state index in [4.69, 9.17) is 10.8 Å². The summed E-state index contributed by atoms with van der Waals surface area (Å²) in [5.74, 6) is 0. The molecular formula is C10H13NO. The molecule has 0 spiro atoms. The van der Waals surface area contributed by atoms with Gasteiger partial charge < -0.3 is 10.8 Å². The monoisotopic (exact) mass is 163 g/mol. The van der Waals surface area contributed by atoms with E-state index in [1.54, 1.807) is 0 Å². The number of hydrogen-bond acceptors (Lipinski definition) is 2. The third-order valence-electron chi connectivity index (χ3n) is 1.57. The van der Waals surface area contributed by atoms with E-state index in [1.165, 1.54) is 0 Å². The number of benzene rings is 1. The van der Waals surface area contributed by atoms with Crippen LogP contribution in [-0.2, 0) is 0 Å². The van der Waals surface area contributed by atoms with Crippen LogP contribution in [0.1, 0.15) is 12.5 Å². The van der Waals surface area contributed by atoms with E-state index < -0.39 is 0 Å². The van der Waals surface area contributed by atoms with Crippen LogP contribution in [0.25, 0.3) is 6.08 Å². The average Bonchev–Trinajstić information content (AvgIpc) is 2.04. The summed E-state index contributed by atoms with van der Waals surface area (Å²) in [5.41, 5.74) is 8.29. The van der Waals surface area contributed by atoms with Gasteiger partial charge in [0.1, 0.15) is 0 Å². The summed E-state index contributed by atoms with van der Waals surface area (Å²) >= 11 is 0.